The lowest BCUT2D eigenvalue weighted by atomic mass is 10.1. The predicted molar refractivity (Wildman–Crippen MR) is 79.9 cm³/mol. The number of aromatic nitrogens is 5. The molecule has 0 saturated carbocycles. The fourth-order valence-corrected chi connectivity index (χ4v) is 2.91. The molecule has 1 aliphatic heterocycles. The van der Waals surface area contributed by atoms with Gasteiger partial charge < -0.3 is 9.88 Å². The minimum atomic E-state index is -0.340. The molecule has 0 unspecified atom stereocenters. The standard InChI is InChI=1S/C14H21N7O/c1-3-19-6-7-20(8-12(19)13-16-4-5-17-13)14(22)11(2)21-10-15-9-18-21/h4-5,9-12H,3,6-8H2,1-2H3,(H,16,17)/t11-,12+/m0/s1. The van der Waals surface area contributed by atoms with Gasteiger partial charge in [0.25, 0.3) is 0 Å². The molecule has 2 aromatic heterocycles. The summed E-state index contributed by atoms with van der Waals surface area (Å²) < 4.78 is 1.59. The maximum atomic E-state index is 12.7. The Morgan fingerprint density at radius 2 is 2.36 bits per heavy atom. The van der Waals surface area contributed by atoms with Crippen LogP contribution in [0.15, 0.2) is 25.0 Å². The summed E-state index contributed by atoms with van der Waals surface area (Å²) in [7, 11) is 0. The number of likely N-dealkylation sites (N-methyl/N-ethyl adjacent to an activating group) is 1. The monoisotopic (exact) mass is 303 g/mol. The Labute approximate surface area is 129 Å². The lowest BCUT2D eigenvalue weighted by Gasteiger charge is -2.40. The van der Waals surface area contributed by atoms with E-state index in [9.17, 15) is 4.79 Å². The topological polar surface area (TPSA) is 82.9 Å². The van der Waals surface area contributed by atoms with Crippen molar-refractivity contribution in [1.82, 2.24) is 34.5 Å². The number of aromatic amines is 1. The third-order valence-electron chi connectivity index (χ3n) is 4.23. The Kier molecular flexibility index (Phi) is 4.19. The largest absolute Gasteiger partial charge is 0.347 e. The van der Waals surface area contributed by atoms with Gasteiger partial charge in [0.15, 0.2) is 0 Å². The van der Waals surface area contributed by atoms with Crippen LogP contribution >= 0.6 is 0 Å². The first kappa shape index (κ1) is 14.7. The molecular weight excluding hydrogens is 282 g/mol. The molecule has 1 saturated heterocycles. The fourth-order valence-electron chi connectivity index (χ4n) is 2.91. The molecule has 1 aliphatic rings. The van der Waals surface area contributed by atoms with Gasteiger partial charge in [-0.25, -0.2) is 14.6 Å². The van der Waals surface area contributed by atoms with Gasteiger partial charge in [-0.2, -0.15) is 5.10 Å². The van der Waals surface area contributed by atoms with E-state index >= 15 is 0 Å². The number of amides is 1. The minimum absolute atomic E-state index is 0.0674. The average Bonchev–Trinajstić information content (AvgIpc) is 3.25. The van der Waals surface area contributed by atoms with Crippen molar-refractivity contribution in [3.8, 4) is 0 Å². The summed E-state index contributed by atoms with van der Waals surface area (Å²) in [5.74, 6) is 0.977. The van der Waals surface area contributed by atoms with Crippen LogP contribution in [0.1, 0.15) is 31.8 Å². The van der Waals surface area contributed by atoms with Crippen LogP contribution in [-0.4, -0.2) is 66.6 Å². The van der Waals surface area contributed by atoms with Gasteiger partial charge in [-0.1, -0.05) is 6.92 Å². The lowest BCUT2D eigenvalue weighted by molar-refractivity contribution is -0.137. The second-order valence-corrected chi connectivity index (χ2v) is 5.45. The van der Waals surface area contributed by atoms with E-state index < -0.39 is 0 Å². The number of H-pyrrole nitrogens is 1. The number of nitrogens with zero attached hydrogens (tertiary/aromatic N) is 6. The van der Waals surface area contributed by atoms with Crippen molar-refractivity contribution >= 4 is 5.91 Å². The van der Waals surface area contributed by atoms with Crippen molar-refractivity contribution in [2.45, 2.75) is 25.9 Å². The van der Waals surface area contributed by atoms with Gasteiger partial charge >= 0.3 is 0 Å². The number of hydrogen-bond donors (Lipinski definition) is 1. The number of carbonyl (C=O) groups excluding carboxylic acids is 1. The van der Waals surface area contributed by atoms with Crippen molar-refractivity contribution in [1.29, 1.82) is 0 Å². The van der Waals surface area contributed by atoms with Gasteiger partial charge in [0.1, 0.15) is 24.5 Å². The van der Waals surface area contributed by atoms with E-state index in [1.165, 1.54) is 6.33 Å². The van der Waals surface area contributed by atoms with E-state index in [0.717, 1.165) is 25.5 Å². The smallest absolute Gasteiger partial charge is 0.247 e. The Morgan fingerprint density at radius 3 is 3.00 bits per heavy atom. The van der Waals surface area contributed by atoms with E-state index in [4.69, 9.17) is 0 Å². The summed E-state index contributed by atoms with van der Waals surface area (Å²) >= 11 is 0. The van der Waals surface area contributed by atoms with E-state index in [-0.39, 0.29) is 18.0 Å². The Bertz CT molecular complexity index is 595. The second kappa shape index (κ2) is 6.27. The number of nitrogens with one attached hydrogen (secondary N) is 1. The molecule has 3 rings (SSSR count). The molecule has 1 N–H and O–H groups in total. The van der Waals surface area contributed by atoms with Crippen LogP contribution in [0.25, 0.3) is 0 Å². The van der Waals surface area contributed by atoms with Crippen molar-refractivity contribution in [2.24, 2.45) is 0 Å². The summed E-state index contributed by atoms with van der Waals surface area (Å²) in [5, 5.41) is 4.06. The molecule has 2 atom stereocenters. The maximum Gasteiger partial charge on any atom is 0.247 e. The van der Waals surface area contributed by atoms with E-state index in [2.05, 4.69) is 31.9 Å². The molecular formula is C14H21N7O. The average molecular weight is 303 g/mol. The fraction of sp³-hybridized carbons (Fsp3) is 0.571. The number of piperazine rings is 1. The molecule has 1 fully saturated rings. The second-order valence-electron chi connectivity index (χ2n) is 5.45. The zero-order valence-electron chi connectivity index (χ0n) is 12.9. The summed E-state index contributed by atoms with van der Waals surface area (Å²) in [6, 6.07) is -0.228. The van der Waals surface area contributed by atoms with Crippen LogP contribution in [0.5, 0.6) is 0 Å². The van der Waals surface area contributed by atoms with Crippen LogP contribution in [0.4, 0.5) is 0 Å². The molecule has 118 valence electrons. The molecule has 3 heterocycles. The first-order valence-electron chi connectivity index (χ1n) is 7.57. The van der Waals surface area contributed by atoms with E-state index in [1.807, 2.05) is 18.0 Å². The van der Waals surface area contributed by atoms with Gasteiger partial charge in [0, 0.05) is 32.0 Å². The first-order valence-corrected chi connectivity index (χ1v) is 7.57. The van der Waals surface area contributed by atoms with Crippen molar-refractivity contribution < 1.29 is 4.79 Å². The molecule has 1 amide bonds. The third-order valence-corrected chi connectivity index (χ3v) is 4.23. The summed E-state index contributed by atoms with van der Waals surface area (Å²) in [5.41, 5.74) is 0. The van der Waals surface area contributed by atoms with Crippen LogP contribution in [-0.2, 0) is 4.79 Å². The number of carbonyl (C=O) groups is 1. The highest BCUT2D eigenvalue weighted by Crippen LogP contribution is 2.24. The number of hydrogen-bond acceptors (Lipinski definition) is 5. The number of rotatable bonds is 4. The Hall–Kier alpha value is -2.22. The molecule has 0 spiro atoms. The highest BCUT2D eigenvalue weighted by atomic mass is 16.2. The summed E-state index contributed by atoms with van der Waals surface area (Å²) in [6.07, 6.45) is 6.60. The predicted octanol–water partition coefficient (Wildman–Crippen LogP) is 0.468. The third kappa shape index (κ3) is 2.74. The molecule has 22 heavy (non-hydrogen) atoms. The normalized spacial score (nSPS) is 21.0. The molecule has 2 aromatic rings. The van der Waals surface area contributed by atoms with Crippen molar-refractivity contribution in [2.75, 3.05) is 26.2 Å². The van der Waals surface area contributed by atoms with Crippen LogP contribution in [0.3, 0.4) is 0 Å². The minimum Gasteiger partial charge on any atom is -0.347 e. The Morgan fingerprint density at radius 1 is 1.50 bits per heavy atom. The van der Waals surface area contributed by atoms with Crippen LogP contribution in [0, 0.1) is 0 Å². The zero-order valence-corrected chi connectivity index (χ0v) is 12.9. The quantitative estimate of drug-likeness (QED) is 0.887. The molecule has 8 heteroatoms. The van der Waals surface area contributed by atoms with Gasteiger partial charge in [-0.05, 0) is 13.5 Å². The van der Waals surface area contributed by atoms with Crippen molar-refractivity contribution in [3.05, 3.63) is 30.9 Å². The highest BCUT2D eigenvalue weighted by Gasteiger charge is 2.33. The van der Waals surface area contributed by atoms with Gasteiger partial charge in [-0.15, -0.1) is 0 Å². The van der Waals surface area contributed by atoms with E-state index in [1.54, 1.807) is 17.2 Å². The SMILES string of the molecule is CCN1CCN(C(=O)[C@H](C)n2cncn2)C[C@@H]1c1ncc[nH]1. The molecule has 0 bridgehead atoms. The van der Waals surface area contributed by atoms with E-state index in [0.29, 0.717) is 6.54 Å². The molecule has 0 aliphatic carbocycles. The van der Waals surface area contributed by atoms with Crippen LogP contribution < -0.4 is 0 Å². The van der Waals surface area contributed by atoms with Gasteiger partial charge in [-0.3, -0.25) is 9.69 Å². The maximum absolute atomic E-state index is 12.7. The Balaban J connectivity index is 1.74. The zero-order chi connectivity index (χ0) is 15.5. The van der Waals surface area contributed by atoms with Crippen LogP contribution in [0.2, 0.25) is 0 Å². The molecule has 8 nitrogen and oxygen atoms in total. The van der Waals surface area contributed by atoms with Gasteiger partial charge in [0.2, 0.25) is 5.91 Å². The lowest BCUT2D eigenvalue weighted by Crippen LogP contribution is -2.52. The van der Waals surface area contributed by atoms with Crippen molar-refractivity contribution in [3.63, 3.8) is 0 Å². The molecule has 0 aromatic carbocycles. The number of imidazole rings is 1. The highest BCUT2D eigenvalue weighted by molar-refractivity contribution is 5.80. The molecule has 0 radical (unpaired) electrons. The summed E-state index contributed by atoms with van der Waals surface area (Å²) in [4.78, 5) is 28.4. The first-order chi connectivity index (χ1) is 10.7. The van der Waals surface area contributed by atoms with Gasteiger partial charge in [0.05, 0.1) is 6.04 Å². The summed E-state index contributed by atoms with van der Waals surface area (Å²) in [6.45, 7) is 7.13.